The zero-order chi connectivity index (χ0) is 16.3. The van der Waals surface area contributed by atoms with Crippen molar-refractivity contribution >= 4 is 37.5 Å². The maximum absolute atomic E-state index is 12.2. The summed E-state index contributed by atoms with van der Waals surface area (Å²) in [4.78, 5) is 36.6. The first-order valence-corrected chi connectivity index (χ1v) is 6.98. The molecule has 116 valence electrons. The fraction of sp³-hybridized carbons (Fsp3) is 0.462. The first-order chi connectivity index (χ1) is 10.5. The number of halogens is 1. The second-order valence-electron chi connectivity index (χ2n) is 4.68. The molecule has 0 aromatic heterocycles. The lowest BCUT2D eigenvalue weighted by molar-refractivity contribution is -0.195. The van der Waals surface area contributed by atoms with E-state index < -0.39 is 30.0 Å². The molecule has 22 heavy (non-hydrogen) atoms. The lowest BCUT2D eigenvalue weighted by Crippen LogP contribution is -2.65. The smallest absolute Gasteiger partial charge is 0.378 e. The molecule has 0 saturated carbocycles. The predicted octanol–water partition coefficient (Wildman–Crippen LogP) is 0.0400. The van der Waals surface area contributed by atoms with E-state index in [4.69, 9.17) is 29.1 Å². The molecule has 7 nitrogen and oxygen atoms in total. The van der Waals surface area contributed by atoms with Crippen LogP contribution in [0.5, 0.6) is 0 Å². The summed E-state index contributed by atoms with van der Waals surface area (Å²) in [6.07, 6.45) is 0.550. The Morgan fingerprint density at radius 2 is 2.27 bits per heavy atom. The Balaban J connectivity index is 2.12. The van der Waals surface area contributed by atoms with Gasteiger partial charge in [0.25, 0.3) is 0 Å². The summed E-state index contributed by atoms with van der Waals surface area (Å²) in [5, 5.41) is 0. The minimum atomic E-state index is -0.870. The van der Waals surface area contributed by atoms with Crippen LogP contribution in [0.25, 0.3) is 0 Å². The average Bonchev–Trinajstić information content (AvgIpc) is 2.55. The zero-order valence-corrected chi connectivity index (χ0v) is 12.4. The van der Waals surface area contributed by atoms with Crippen LogP contribution in [-0.2, 0) is 28.5 Å². The van der Waals surface area contributed by atoms with E-state index in [9.17, 15) is 14.4 Å². The van der Waals surface area contributed by atoms with Crippen molar-refractivity contribution in [1.82, 2.24) is 4.90 Å². The van der Waals surface area contributed by atoms with Gasteiger partial charge in [0.2, 0.25) is 5.91 Å². The Morgan fingerprint density at radius 1 is 1.55 bits per heavy atom. The summed E-state index contributed by atoms with van der Waals surface area (Å²) >= 11 is 5.73. The van der Waals surface area contributed by atoms with E-state index in [0.29, 0.717) is 5.57 Å². The fourth-order valence-electron chi connectivity index (χ4n) is 2.36. The fourth-order valence-corrected chi connectivity index (χ4v) is 2.56. The summed E-state index contributed by atoms with van der Waals surface area (Å²) in [6, 6.07) is 0. The number of alkyl halides is 1. The largest absolute Gasteiger partial charge is 0.539 e. The highest BCUT2D eigenvalue weighted by Gasteiger charge is 2.54. The van der Waals surface area contributed by atoms with Gasteiger partial charge < -0.3 is 14.1 Å². The molecule has 2 atom stereocenters. The van der Waals surface area contributed by atoms with Gasteiger partial charge in [0.15, 0.2) is 0 Å². The lowest BCUT2D eigenvalue weighted by Gasteiger charge is -2.49. The monoisotopic (exact) mass is 325 g/mol. The quantitative estimate of drug-likeness (QED) is 0.225. The molecular formula is C13H13BClNO6. The lowest BCUT2D eigenvalue weighted by atomic mass is 9.89. The van der Waals surface area contributed by atoms with Crippen LogP contribution in [0.1, 0.15) is 6.42 Å². The standard InChI is InChI=1S/C13H13BClNO6/c1-2-3-20-9(17)4-8-11(18)16-10(13(19)22-14)7(5-15)6-21-12(8)16/h2,8,12H,1,3-6H2/t8-,12-/m1/s1. The number of ether oxygens (including phenoxy) is 2. The number of esters is 1. The number of rotatable bonds is 6. The third-order valence-corrected chi connectivity index (χ3v) is 3.69. The molecule has 0 aliphatic carbocycles. The molecule has 0 spiro atoms. The Hall–Kier alpha value is -1.80. The van der Waals surface area contributed by atoms with Crippen molar-refractivity contribution in [1.29, 1.82) is 0 Å². The van der Waals surface area contributed by atoms with Gasteiger partial charge in [-0.2, -0.15) is 0 Å². The zero-order valence-electron chi connectivity index (χ0n) is 11.6. The van der Waals surface area contributed by atoms with Gasteiger partial charge in [-0.3, -0.25) is 14.5 Å². The van der Waals surface area contributed by atoms with Crippen molar-refractivity contribution in [3.63, 3.8) is 0 Å². The van der Waals surface area contributed by atoms with E-state index in [-0.39, 0.29) is 31.2 Å². The van der Waals surface area contributed by atoms with Crippen LogP contribution in [0.2, 0.25) is 0 Å². The molecule has 9 heteroatoms. The normalized spacial score (nSPS) is 23.5. The molecule has 0 aromatic carbocycles. The Kier molecular flexibility index (Phi) is 5.26. The number of carbonyl (C=O) groups excluding carboxylic acids is 3. The maximum Gasteiger partial charge on any atom is 0.378 e. The predicted molar refractivity (Wildman–Crippen MR) is 75.4 cm³/mol. The summed E-state index contributed by atoms with van der Waals surface area (Å²) in [7, 11) is 4.88. The van der Waals surface area contributed by atoms with Gasteiger partial charge in [-0.25, -0.2) is 4.79 Å². The summed E-state index contributed by atoms with van der Waals surface area (Å²) in [5.74, 6) is -2.58. The van der Waals surface area contributed by atoms with E-state index in [1.54, 1.807) is 0 Å². The number of β-lactam (4-membered cyclic amide) rings is 1. The van der Waals surface area contributed by atoms with Crippen molar-refractivity contribution < 1.29 is 28.5 Å². The molecule has 0 aromatic rings. The number of hydrogen-bond donors (Lipinski definition) is 0. The molecule has 1 saturated heterocycles. The van der Waals surface area contributed by atoms with Crippen LogP contribution in [0.3, 0.4) is 0 Å². The molecule has 1 amide bonds. The van der Waals surface area contributed by atoms with Crippen LogP contribution >= 0.6 is 11.6 Å². The molecule has 2 rings (SSSR count). The van der Waals surface area contributed by atoms with Gasteiger partial charge in [-0.1, -0.05) is 12.7 Å². The highest BCUT2D eigenvalue weighted by Crippen LogP contribution is 2.39. The van der Waals surface area contributed by atoms with E-state index in [0.717, 1.165) is 4.90 Å². The second kappa shape index (κ2) is 6.98. The molecule has 2 heterocycles. The summed E-state index contributed by atoms with van der Waals surface area (Å²) in [6.45, 7) is 3.55. The van der Waals surface area contributed by atoms with Gasteiger partial charge >= 0.3 is 20.0 Å². The molecule has 1 fully saturated rings. The molecular weight excluding hydrogens is 312 g/mol. The first kappa shape index (κ1) is 16.6. The Labute approximate surface area is 133 Å². The van der Waals surface area contributed by atoms with Crippen molar-refractivity contribution in [2.45, 2.75) is 12.6 Å². The van der Waals surface area contributed by atoms with Gasteiger partial charge in [-0.05, 0) is 0 Å². The van der Waals surface area contributed by atoms with Crippen LogP contribution in [-0.4, -0.2) is 56.1 Å². The average molecular weight is 326 g/mol. The van der Waals surface area contributed by atoms with Crippen LogP contribution in [0.15, 0.2) is 23.9 Å². The Morgan fingerprint density at radius 3 is 2.86 bits per heavy atom. The third-order valence-electron chi connectivity index (χ3n) is 3.37. The maximum atomic E-state index is 12.2. The van der Waals surface area contributed by atoms with Crippen LogP contribution < -0.4 is 0 Å². The van der Waals surface area contributed by atoms with Crippen LogP contribution in [0, 0.1) is 5.92 Å². The molecule has 0 bridgehead atoms. The summed E-state index contributed by atoms with van der Waals surface area (Å²) in [5.41, 5.74) is 0.379. The van der Waals surface area contributed by atoms with Gasteiger partial charge in [0, 0.05) is 11.5 Å². The number of amides is 1. The number of carbonyl (C=O) groups is 3. The SMILES string of the molecule is [B]OC(=O)C1=C(CCl)CO[C@@H]2[C@H](CC(=O)OCC=C)C(=O)N12. The number of hydrogen-bond acceptors (Lipinski definition) is 6. The third kappa shape index (κ3) is 2.89. The topological polar surface area (TPSA) is 82.1 Å². The van der Waals surface area contributed by atoms with Crippen molar-refractivity contribution in [3.8, 4) is 0 Å². The van der Waals surface area contributed by atoms with Crippen molar-refractivity contribution in [2.75, 3.05) is 19.1 Å². The first-order valence-electron chi connectivity index (χ1n) is 6.45. The van der Waals surface area contributed by atoms with Gasteiger partial charge in [-0.15, -0.1) is 11.6 Å². The minimum Gasteiger partial charge on any atom is -0.539 e. The number of fused-ring (bicyclic) bond motifs is 1. The highest BCUT2D eigenvalue weighted by molar-refractivity contribution is 6.20. The van der Waals surface area contributed by atoms with E-state index in [2.05, 4.69) is 11.2 Å². The van der Waals surface area contributed by atoms with Crippen molar-refractivity contribution in [3.05, 3.63) is 23.9 Å². The number of nitrogens with zero attached hydrogens (tertiary/aromatic N) is 1. The minimum absolute atomic E-state index is 0.00697. The van der Waals surface area contributed by atoms with Crippen molar-refractivity contribution in [2.24, 2.45) is 5.92 Å². The molecule has 0 N–H and O–H groups in total. The second-order valence-corrected chi connectivity index (χ2v) is 4.95. The molecule has 2 radical (unpaired) electrons. The molecule has 2 aliphatic heterocycles. The van der Waals surface area contributed by atoms with E-state index >= 15 is 0 Å². The molecule has 2 aliphatic rings. The molecule has 0 unspecified atom stereocenters. The van der Waals surface area contributed by atoms with Crippen LogP contribution in [0.4, 0.5) is 0 Å². The van der Waals surface area contributed by atoms with Gasteiger partial charge in [0.1, 0.15) is 18.5 Å². The Bertz CT molecular complexity index is 549. The summed E-state index contributed by atoms with van der Waals surface area (Å²) < 4.78 is 14.5. The van der Waals surface area contributed by atoms with Gasteiger partial charge in [0.05, 0.1) is 18.9 Å². The highest BCUT2D eigenvalue weighted by atomic mass is 35.5. The van der Waals surface area contributed by atoms with E-state index in [1.165, 1.54) is 6.08 Å². The van der Waals surface area contributed by atoms with E-state index in [1.807, 2.05) is 0 Å².